The van der Waals surface area contributed by atoms with Gasteiger partial charge in [-0.15, -0.1) is 0 Å². The summed E-state index contributed by atoms with van der Waals surface area (Å²) in [5.74, 6) is -0.717. The zero-order valence-corrected chi connectivity index (χ0v) is 17.5. The lowest BCUT2D eigenvalue weighted by Gasteiger charge is -2.20. The summed E-state index contributed by atoms with van der Waals surface area (Å²) in [6, 6.07) is 12.2. The van der Waals surface area contributed by atoms with Crippen molar-refractivity contribution in [3.8, 4) is 5.75 Å². The Morgan fingerprint density at radius 3 is 2.21 bits per heavy atom. The van der Waals surface area contributed by atoms with E-state index in [0.717, 1.165) is 0 Å². The van der Waals surface area contributed by atoms with E-state index in [0.29, 0.717) is 11.4 Å². The highest BCUT2D eigenvalue weighted by atomic mass is 32.2. The van der Waals surface area contributed by atoms with Crippen LogP contribution in [0.4, 0.5) is 5.69 Å². The smallest absolute Gasteiger partial charge is 0.339 e. The lowest BCUT2D eigenvalue weighted by atomic mass is 10.1. The molecule has 156 valence electrons. The van der Waals surface area contributed by atoms with Crippen LogP contribution in [0.2, 0.25) is 0 Å². The predicted octanol–water partition coefficient (Wildman–Crippen LogP) is 2.57. The van der Waals surface area contributed by atoms with Gasteiger partial charge in [-0.3, -0.25) is 4.79 Å². The van der Waals surface area contributed by atoms with Gasteiger partial charge in [0, 0.05) is 5.54 Å². The Labute approximate surface area is 170 Å². The molecule has 0 heterocycles. The minimum atomic E-state index is -3.65. The third-order valence-corrected chi connectivity index (χ3v) is 5.32. The average molecular weight is 420 g/mol. The number of ether oxygens (including phenoxy) is 2. The van der Waals surface area contributed by atoms with Crippen LogP contribution in [0.15, 0.2) is 53.4 Å². The maximum Gasteiger partial charge on any atom is 0.339 e. The summed E-state index contributed by atoms with van der Waals surface area (Å²) in [5.41, 5.74) is -0.0704. The molecule has 1 amide bonds. The van der Waals surface area contributed by atoms with Gasteiger partial charge in [-0.2, -0.15) is 0 Å². The Bertz CT molecular complexity index is 979. The van der Waals surface area contributed by atoms with Crippen LogP contribution in [0.1, 0.15) is 31.1 Å². The second kappa shape index (κ2) is 9.06. The number of hydrogen-bond donors (Lipinski definition) is 2. The number of anilines is 1. The number of carbonyl (C=O) groups excluding carboxylic acids is 2. The molecule has 0 spiro atoms. The summed E-state index contributed by atoms with van der Waals surface area (Å²) in [7, 11) is -2.40. The highest BCUT2D eigenvalue weighted by Crippen LogP contribution is 2.19. The van der Waals surface area contributed by atoms with Crippen molar-refractivity contribution in [2.45, 2.75) is 31.2 Å². The zero-order valence-electron chi connectivity index (χ0n) is 16.7. The molecule has 0 saturated heterocycles. The fourth-order valence-electron chi connectivity index (χ4n) is 2.39. The molecule has 0 aliphatic rings. The predicted molar refractivity (Wildman–Crippen MR) is 108 cm³/mol. The molecule has 0 unspecified atom stereocenters. The molecule has 2 rings (SSSR count). The topological polar surface area (TPSA) is 111 Å². The summed E-state index contributed by atoms with van der Waals surface area (Å²) in [6.45, 7) is 4.93. The third-order valence-electron chi connectivity index (χ3n) is 3.55. The maximum atomic E-state index is 12.3. The third kappa shape index (κ3) is 6.58. The van der Waals surface area contributed by atoms with E-state index >= 15 is 0 Å². The quantitative estimate of drug-likeness (QED) is 0.666. The molecular weight excluding hydrogens is 396 g/mol. The number of methoxy groups -OCH3 is 1. The molecule has 29 heavy (non-hydrogen) atoms. The minimum absolute atomic E-state index is 0.0937. The Kier molecular flexibility index (Phi) is 6.99. The lowest BCUT2D eigenvalue weighted by molar-refractivity contribution is -0.118. The second-order valence-electron chi connectivity index (χ2n) is 7.20. The van der Waals surface area contributed by atoms with Crippen molar-refractivity contribution in [2.75, 3.05) is 19.0 Å². The van der Waals surface area contributed by atoms with Crippen molar-refractivity contribution in [1.82, 2.24) is 4.72 Å². The number of rotatable bonds is 7. The molecule has 2 aromatic rings. The Morgan fingerprint density at radius 2 is 1.62 bits per heavy atom. The van der Waals surface area contributed by atoms with Gasteiger partial charge >= 0.3 is 5.97 Å². The van der Waals surface area contributed by atoms with E-state index in [9.17, 15) is 18.0 Å². The molecule has 0 aliphatic carbocycles. The molecule has 0 fully saturated rings. The number of amides is 1. The van der Waals surface area contributed by atoms with Crippen molar-refractivity contribution in [1.29, 1.82) is 0 Å². The van der Waals surface area contributed by atoms with E-state index in [1.165, 1.54) is 37.4 Å². The van der Waals surface area contributed by atoms with Crippen molar-refractivity contribution in [3.63, 3.8) is 0 Å². The van der Waals surface area contributed by atoms with E-state index in [1.807, 2.05) is 0 Å². The lowest BCUT2D eigenvalue weighted by Crippen LogP contribution is -2.40. The van der Waals surface area contributed by atoms with Crippen LogP contribution in [0, 0.1) is 0 Å². The van der Waals surface area contributed by atoms with Gasteiger partial charge in [0.25, 0.3) is 5.91 Å². The standard InChI is InChI=1S/C20H24N2O6S/c1-20(2,3)22-29(25,26)15-11-9-14(10-12-15)28-13-18(23)21-17-8-6-5-7-16(17)19(24)27-4/h5-12,22H,13H2,1-4H3,(H,21,23). The number of esters is 1. The SMILES string of the molecule is COC(=O)c1ccccc1NC(=O)COc1ccc(S(=O)(=O)NC(C)(C)C)cc1. The molecule has 0 aliphatic heterocycles. The van der Waals surface area contributed by atoms with Crippen molar-refractivity contribution in [3.05, 3.63) is 54.1 Å². The van der Waals surface area contributed by atoms with E-state index in [4.69, 9.17) is 4.74 Å². The van der Waals surface area contributed by atoms with Gasteiger partial charge in [0.2, 0.25) is 10.0 Å². The molecule has 0 saturated carbocycles. The van der Waals surface area contributed by atoms with Gasteiger partial charge in [-0.25, -0.2) is 17.9 Å². The first-order valence-corrected chi connectivity index (χ1v) is 10.2. The summed E-state index contributed by atoms with van der Waals surface area (Å²) in [5, 5.41) is 2.59. The Hall–Kier alpha value is -2.91. The number of nitrogens with one attached hydrogen (secondary N) is 2. The van der Waals surface area contributed by atoms with E-state index in [2.05, 4.69) is 14.8 Å². The highest BCUT2D eigenvalue weighted by Gasteiger charge is 2.22. The van der Waals surface area contributed by atoms with Crippen LogP contribution < -0.4 is 14.8 Å². The summed E-state index contributed by atoms with van der Waals surface area (Å²) < 4.78 is 37.2. The highest BCUT2D eigenvalue weighted by molar-refractivity contribution is 7.89. The molecule has 2 aromatic carbocycles. The van der Waals surface area contributed by atoms with Crippen LogP contribution in [-0.4, -0.2) is 39.5 Å². The van der Waals surface area contributed by atoms with Crippen LogP contribution in [0.25, 0.3) is 0 Å². The van der Waals surface area contributed by atoms with Gasteiger partial charge in [0.15, 0.2) is 6.61 Å². The number of sulfonamides is 1. The van der Waals surface area contributed by atoms with E-state index in [-0.39, 0.29) is 17.1 Å². The molecule has 0 atom stereocenters. The summed E-state index contributed by atoms with van der Waals surface area (Å²) in [6.07, 6.45) is 0. The average Bonchev–Trinajstić information content (AvgIpc) is 2.64. The van der Waals surface area contributed by atoms with E-state index in [1.54, 1.807) is 39.0 Å². The first kappa shape index (κ1) is 22.4. The number of carbonyl (C=O) groups is 2. The normalized spacial score (nSPS) is 11.6. The largest absolute Gasteiger partial charge is 0.484 e. The van der Waals surface area contributed by atoms with Crippen LogP contribution in [0.5, 0.6) is 5.75 Å². The first-order chi connectivity index (χ1) is 13.5. The minimum Gasteiger partial charge on any atom is -0.484 e. The molecule has 0 bridgehead atoms. The maximum absolute atomic E-state index is 12.3. The first-order valence-electron chi connectivity index (χ1n) is 8.76. The summed E-state index contributed by atoms with van der Waals surface area (Å²) >= 11 is 0. The number of hydrogen-bond acceptors (Lipinski definition) is 6. The van der Waals surface area contributed by atoms with Gasteiger partial charge in [-0.1, -0.05) is 12.1 Å². The molecule has 0 radical (unpaired) electrons. The molecule has 8 nitrogen and oxygen atoms in total. The van der Waals surface area contributed by atoms with Crippen LogP contribution >= 0.6 is 0 Å². The number of para-hydroxylation sites is 1. The summed E-state index contributed by atoms with van der Waals surface area (Å²) in [4.78, 5) is 24.0. The van der Waals surface area contributed by atoms with Crippen LogP contribution in [0.3, 0.4) is 0 Å². The van der Waals surface area contributed by atoms with Gasteiger partial charge in [0.1, 0.15) is 5.75 Å². The zero-order chi connectivity index (χ0) is 21.7. The molecule has 0 aromatic heterocycles. The molecule has 9 heteroatoms. The molecule has 2 N–H and O–H groups in total. The van der Waals surface area contributed by atoms with Crippen molar-refractivity contribution >= 4 is 27.6 Å². The van der Waals surface area contributed by atoms with Crippen molar-refractivity contribution in [2.24, 2.45) is 0 Å². The second-order valence-corrected chi connectivity index (χ2v) is 8.88. The fourth-order valence-corrected chi connectivity index (χ4v) is 3.81. The fraction of sp³-hybridized carbons (Fsp3) is 0.300. The van der Waals surface area contributed by atoms with Gasteiger partial charge in [0.05, 0.1) is 23.3 Å². The van der Waals surface area contributed by atoms with Crippen LogP contribution in [-0.2, 0) is 19.6 Å². The molecular formula is C20H24N2O6S. The Morgan fingerprint density at radius 1 is 1.00 bits per heavy atom. The van der Waals surface area contributed by atoms with Crippen molar-refractivity contribution < 1.29 is 27.5 Å². The Balaban J connectivity index is 1.99. The van der Waals surface area contributed by atoms with E-state index < -0.39 is 27.4 Å². The van der Waals surface area contributed by atoms with Gasteiger partial charge in [-0.05, 0) is 57.2 Å². The monoisotopic (exact) mass is 420 g/mol. The number of benzene rings is 2. The van der Waals surface area contributed by atoms with Gasteiger partial charge < -0.3 is 14.8 Å².